The molecule has 7 heteroatoms. The predicted molar refractivity (Wildman–Crippen MR) is 74.4 cm³/mol. The van der Waals surface area contributed by atoms with Gasteiger partial charge in [-0.15, -0.1) is 0 Å². The number of carbonyl (C=O) groups is 1. The normalized spacial score (nSPS) is 16.2. The van der Waals surface area contributed by atoms with E-state index in [1.54, 1.807) is 12.1 Å². The summed E-state index contributed by atoms with van der Waals surface area (Å²) in [6.07, 6.45) is -2.14. The molecule has 0 aromatic heterocycles. The predicted octanol–water partition coefficient (Wildman–Crippen LogP) is 1.85. The van der Waals surface area contributed by atoms with Gasteiger partial charge in [0.1, 0.15) is 6.10 Å². The third kappa shape index (κ3) is 3.42. The lowest BCUT2D eigenvalue weighted by atomic mass is 10.0. The van der Waals surface area contributed by atoms with Gasteiger partial charge in [0.25, 0.3) is 0 Å². The van der Waals surface area contributed by atoms with E-state index in [1.807, 2.05) is 0 Å². The number of hydrogen-bond acceptors (Lipinski definition) is 6. The molecule has 1 aliphatic rings. The second kappa shape index (κ2) is 6.13. The van der Waals surface area contributed by atoms with E-state index in [2.05, 4.69) is 15.9 Å². The summed E-state index contributed by atoms with van der Waals surface area (Å²) >= 11 is 4.29. The van der Waals surface area contributed by atoms with Gasteiger partial charge in [-0.3, -0.25) is 4.79 Å². The summed E-state index contributed by atoms with van der Waals surface area (Å²) in [6, 6.07) is 3.31. The molecule has 0 bridgehead atoms. The second-order valence-electron chi connectivity index (χ2n) is 4.04. The van der Waals surface area contributed by atoms with E-state index in [-0.39, 0.29) is 17.7 Å². The van der Waals surface area contributed by atoms with Crippen LogP contribution in [0.2, 0.25) is 0 Å². The zero-order chi connectivity index (χ0) is 14.0. The number of thioether (sulfide) groups is 1. The Kier molecular flexibility index (Phi) is 4.72. The van der Waals surface area contributed by atoms with E-state index < -0.39 is 12.2 Å². The fourth-order valence-corrected chi connectivity index (χ4v) is 2.81. The zero-order valence-electron chi connectivity index (χ0n) is 10.1. The van der Waals surface area contributed by atoms with Crippen molar-refractivity contribution >= 4 is 32.8 Å². The molecular formula is C12H13BrO5S. The number of halogens is 1. The molecule has 104 valence electrons. The second-order valence-corrected chi connectivity index (χ2v) is 6.09. The molecule has 1 aromatic rings. The lowest BCUT2D eigenvalue weighted by Crippen LogP contribution is -2.21. The summed E-state index contributed by atoms with van der Waals surface area (Å²) < 4.78 is 11.1. The van der Waals surface area contributed by atoms with Crippen LogP contribution in [-0.4, -0.2) is 34.0 Å². The van der Waals surface area contributed by atoms with Crippen molar-refractivity contribution in [3.05, 3.63) is 22.2 Å². The van der Waals surface area contributed by atoms with E-state index in [1.165, 1.54) is 6.92 Å². The smallest absolute Gasteiger partial charge is 0.231 e. The lowest BCUT2D eigenvalue weighted by Gasteiger charge is -2.19. The molecule has 0 aliphatic carbocycles. The maximum Gasteiger partial charge on any atom is 0.231 e. The van der Waals surface area contributed by atoms with Crippen LogP contribution >= 0.6 is 27.7 Å². The number of fused-ring (bicyclic) bond motifs is 1. The molecule has 2 atom stereocenters. The number of rotatable bonds is 4. The average Bonchev–Trinajstić information content (AvgIpc) is 2.80. The van der Waals surface area contributed by atoms with Crippen molar-refractivity contribution < 1.29 is 24.5 Å². The topological polar surface area (TPSA) is 76.0 Å². The first kappa shape index (κ1) is 14.6. The Balaban J connectivity index is 2.14. The molecule has 0 radical (unpaired) electrons. The highest BCUT2D eigenvalue weighted by Gasteiger charge is 2.25. The van der Waals surface area contributed by atoms with Crippen molar-refractivity contribution in [3.63, 3.8) is 0 Å². The third-order valence-electron chi connectivity index (χ3n) is 2.63. The minimum atomic E-state index is -1.10. The van der Waals surface area contributed by atoms with Crippen molar-refractivity contribution in [1.29, 1.82) is 0 Å². The van der Waals surface area contributed by atoms with Gasteiger partial charge in [-0.25, -0.2) is 0 Å². The molecule has 19 heavy (non-hydrogen) atoms. The largest absolute Gasteiger partial charge is 0.454 e. The molecular weight excluding hydrogens is 336 g/mol. The first-order chi connectivity index (χ1) is 8.99. The summed E-state index contributed by atoms with van der Waals surface area (Å²) in [7, 11) is 0. The summed E-state index contributed by atoms with van der Waals surface area (Å²) in [6.45, 7) is 1.56. The molecule has 2 N–H and O–H groups in total. The molecule has 1 heterocycles. The molecule has 0 spiro atoms. The van der Waals surface area contributed by atoms with E-state index in [9.17, 15) is 15.0 Å². The molecule has 1 aromatic carbocycles. The lowest BCUT2D eigenvalue weighted by molar-refractivity contribution is -0.109. The van der Waals surface area contributed by atoms with Gasteiger partial charge in [0.2, 0.25) is 6.79 Å². The zero-order valence-corrected chi connectivity index (χ0v) is 12.5. The van der Waals surface area contributed by atoms with Crippen molar-refractivity contribution in [2.24, 2.45) is 0 Å². The van der Waals surface area contributed by atoms with Gasteiger partial charge in [0, 0.05) is 22.7 Å². The summed E-state index contributed by atoms with van der Waals surface area (Å²) in [5.41, 5.74) is 0.501. The Morgan fingerprint density at radius 1 is 1.42 bits per heavy atom. The Morgan fingerprint density at radius 3 is 2.68 bits per heavy atom. The minimum Gasteiger partial charge on any atom is -0.454 e. The van der Waals surface area contributed by atoms with Gasteiger partial charge in [0.05, 0.1) is 6.10 Å². The fraction of sp³-hybridized carbons (Fsp3) is 0.417. The van der Waals surface area contributed by atoms with Gasteiger partial charge >= 0.3 is 0 Å². The van der Waals surface area contributed by atoms with Gasteiger partial charge in [0.15, 0.2) is 16.6 Å². The molecule has 2 rings (SSSR count). The minimum absolute atomic E-state index is 0.101. The monoisotopic (exact) mass is 348 g/mol. The summed E-state index contributed by atoms with van der Waals surface area (Å²) in [5, 5.41) is 19.9. The van der Waals surface area contributed by atoms with Crippen LogP contribution in [0.5, 0.6) is 11.5 Å². The van der Waals surface area contributed by atoms with Crippen molar-refractivity contribution in [2.75, 3.05) is 12.5 Å². The van der Waals surface area contributed by atoms with Crippen molar-refractivity contribution in [3.8, 4) is 11.5 Å². The fourth-order valence-electron chi connectivity index (χ4n) is 1.66. The number of carbonyl (C=O) groups excluding carboxylic acids is 1. The van der Waals surface area contributed by atoms with Crippen LogP contribution in [0, 0.1) is 0 Å². The van der Waals surface area contributed by atoms with Crippen LogP contribution in [0.4, 0.5) is 0 Å². The highest BCUT2D eigenvalue weighted by Crippen LogP contribution is 2.39. The number of aliphatic hydroxyl groups is 2. The Morgan fingerprint density at radius 2 is 2.05 bits per heavy atom. The molecule has 5 nitrogen and oxygen atoms in total. The van der Waals surface area contributed by atoms with Crippen LogP contribution in [0.25, 0.3) is 0 Å². The molecule has 0 saturated heterocycles. The van der Waals surface area contributed by atoms with Gasteiger partial charge in [-0.2, -0.15) is 0 Å². The van der Waals surface area contributed by atoms with E-state index in [0.29, 0.717) is 21.5 Å². The van der Waals surface area contributed by atoms with E-state index >= 15 is 0 Å². The summed E-state index contributed by atoms with van der Waals surface area (Å²) in [4.78, 5) is 10.9. The van der Waals surface area contributed by atoms with Crippen molar-refractivity contribution in [2.45, 2.75) is 19.1 Å². The quantitative estimate of drug-likeness (QED) is 0.864. The summed E-state index contributed by atoms with van der Waals surface area (Å²) in [5.74, 6) is 1.26. The van der Waals surface area contributed by atoms with Crippen LogP contribution in [0.15, 0.2) is 16.6 Å². The highest BCUT2D eigenvalue weighted by atomic mass is 79.9. The Bertz CT molecular complexity index is 493. The van der Waals surface area contributed by atoms with Crippen molar-refractivity contribution in [1.82, 2.24) is 0 Å². The van der Waals surface area contributed by atoms with E-state index in [4.69, 9.17) is 9.47 Å². The average molecular weight is 349 g/mol. The van der Waals surface area contributed by atoms with E-state index in [0.717, 1.165) is 11.8 Å². The van der Waals surface area contributed by atoms with Crippen LogP contribution in [-0.2, 0) is 4.79 Å². The molecule has 0 saturated carbocycles. The first-order valence-corrected chi connectivity index (χ1v) is 7.35. The number of benzene rings is 1. The first-order valence-electron chi connectivity index (χ1n) is 5.57. The maximum absolute atomic E-state index is 10.9. The third-order valence-corrected chi connectivity index (χ3v) is 4.23. The standard InChI is InChI=1S/C12H13BrO5S/c1-6(14)19-4-9(15)12(16)7-2-10-11(3-8(7)13)18-5-17-10/h2-3,9,12,15-16H,4-5H2,1H3. The van der Waals surface area contributed by atoms with Gasteiger partial charge in [-0.05, 0) is 12.1 Å². The van der Waals surface area contributed by atoms with Crippen LogP contribution in [0.3, 0.4) is 0 Å². The number of aliphatic hydroxyl groups excluding tert-OH is 2. The number of ether oxygens (including phenoxy) is 2. The molecule has 0 amide bonds. The Hall–Kier alpha value is -0.760. The maximum atomic E-state index is 10.9. The molecule has 2 unspecified atom stereocenters. The highest BCUT2D eigenvalue weighted by molar-refractivity contribution is 9.10. The number of hydrogen-bond donors (Lipinski definition) is 2. The molecule has 1 aliphatic heterocycles. The van der Waals surface area contributed by atoms with Gasteiger partial charge in [-0.1, -0.05) is 27.7 Å². The Labute approximate surface area is 123 Å². The van der Waals surface area contributed by atoms with Crippen LogP contribution in [0.1, 0.15) is 18.6 Å². The SMILES string of the molecule is CC(=O)SCC(O)C(O)c1cc2c(cc1Br)OCO2. The molecule has 0 fully saturated rings. The van der Waals surface area contributed by atoms with Gasteiger partial charge < -0.3 is 19.7 Å². The van der Waals surface area contributed by atoms with Crippen LogP contribution < -0.4 is 9.47 Å².